The predicted octanol–water partition coefficient (Wildman–Crippen LogP) is 2.61. The molecule has 16 heavy (non-hydrogen) atoms. The Labute approximate surface area is 99.9 Å². The Balaban J connectivity index is 2.59. The molecule has 1 rings (SSSR count). The van der Waals surface area contributed by atoms with Crippen LogP contribution in [0.1, 0.15) is 12.5 Å². The Bertz CT molecular complexity index is 445. The molecule has 82 valence electrons. The molecule has 1 aromatic carbocycles. The van der Waals surface area contributed by atoms with Crippen LogP contribution in [0.15, 0.2) is 41.4 Å². The first kappa shape index (κ1) is 12.3. The van der Waals surface area contributed by atoms with Gasteiger partial charge in [0.1, 0.15) is 0 Å². The fourth-order valence-electron chi connectivity index (χ4n) is 1.07. The minimum atomic E-state index is -0.138. The van der Waals surface area contributed by atoms with Crippen LogP contribution in [0.3, 0.4) is 0 Å². The highest BCUT2D eigenvalue weighted by Crippen LogP contribution is 2.11. The van der Waals surface area contributed by atoms with Gasteiger partial charge in [0, 0.05) is 12.1 Å². The van der Waals surface area contributed by atoms with E-state index in [-0.39, 0.29) is 5.91 Å². The Kier molecular flexibility index (Phi) is 4.58. The number of aliphatic imine (C=N–C) groups is 1. The van der Waals surface area contributed by atoms with Gasteiger partial charge in [0.15, 0.2) is 0 Å². The minimum absolute atomic E-state index is 0.138. The van der Waals surface area contributed by atoms with Gasteiger partial charge in [-0.05, 0) is 36.8 Å². The number of hydrogen-bond acceptors (Lipinski definition) is 3. The van der Waals surface area contributed by atoms with Crippen molar-refractivity contribution in [1.29, 1.82) is 0 Å². The van der Waals surface area contributed by atoms with Gasteiger partial charge < -0.3 is 5.32 Å². The molecule has 3 nitrogen and oxygen atoms in total. The standard InChI is InChI=1S/C12H12N2OS/c1-9(2)12(15)13-7-10-3-5-11(6-4-10)14-8-16/h3-6H,1,7H2,2H3,(H,13,15). The van der Waals surface area contributed by atoms with Crippen molar-refractivity contribution in [2.75, 3.05) is 0 Å². The Hall–Kier alpha value is -1.77. The molecule has 0 atom stereocenters. The van der Waals surface area contributed by atoms with Crippen molar-refractivity contribution in [2.24, 2.45) is 4.99 Å². The molecule has 0 aliphatic heterocycles. The second-order valence-electron chi connectivity index (χ2n) is 3.33. The monoisotopic (exact) mass is 232 g/mol. The maximum Gasteiger partial charge on any atom is 0.246 e. The van der Waals surface area contributed by atoms with Gasteiger partial charge in [-0.25, -0.2) is 0 Å². The van der Waals surface area contributed by atoms with Gasteiger partial charge in [-0.2, -0.15) is 4.99 Å². The van der Waals surface area contributed by atoms with Gasteiger partial charge in [-0.15, -0.1) is 0 Å². The Morgan fingerprint density at radius 3 is 2.62 bits per heavy atom. The molecule has 0 saturated heterocycles. The average Bonchev–Trinajstić information content (AvgIpc) is 2.28. The van der Waals surface area contributed by atoms with Crippen LogP contribution >= 0.6 is 12.2 Å². The summed E-state index contributed by atoms with van der Waals surface area (Å²) >= 11 is 4.50. The van der Waals surface area contributed by atoms with Crippen molar-refractivity contribution in [3.8, 4) is 0 Å². The summed E-state index contributed by atoms with van der Waals surface area (Å²) in [6.07, 6.45) is 0. The lowest BCUT2D eigenvalue weighted by atomic mass is 10.2. The third-order valence-corrected chi connectivity index (χ3v) is 2.04. The van der Waals surface area contributed by atoms with Gasteiger partial charge in [0.05, 0.1) is 10.8 Å². The number of nitrogens with one attached hydrogen (secondary N) is 1. The van der Waals surface area contributed by atoms with Crippen molar-refractivity contribution in [3.63, 3.8) is 0 Å². The number of rotatable bonds is 4. The van der Waals surface area contributed by atoms with Gasteiger partial charge in [0.25, 0.3) is 0 Å². The van der Waals surface area contributed by atoms with Crippen LogP contribution in [0.25, 0.3) is 0 Å². The molecule has 4 heteroatoms. The largest absolute Gasteiger partial charge is 0.348 e. The Morgan fingerprint density at radius 2 is 2.12 bits per heavy atom. The molecule has 0 saturated carbocycles. The summed E-state index contributed by atoms with van der Waals surface area (Å²) in [5.41, 5.74) is 2.25. The zero-order valence-corrected chi connectivity index (χ0v) is 9.80. The lowest BCUT2D eigenvalue weighted by Crippen LogP contribution is -2.22. The first-order chi connectivity index (χ1) is 7.63. The van der Waals surface area contributed by atoms with Crippen LogP contribution in [0.5, 0.6) is 0 Å². The number of carbonyl (C=O) groups is 1. The molecule has 0 aliphatic rings. The summed E-state index contributed by atoms with van der Waals surface area (Å²) in [5, 5.41) is 5.04. The molecule has 1 amide bonds. The van der Waals surface area contributed by atoms with E-state index in [0.29, 0.717) is 12.1 Å². The van der Waals surface area contributed by atoms with E-state index in [1.54, 1.807) is 6.92 Å². The van der Waals surface area contributed by atoms with Crippen molar-refractivity contribution in [2.45, 2.75) is 13.5 Å². The lowest BCUT2D eigenvalue weighted by Gasteiger charge is -2.04. The van der Waals surface area contributed by atoms with Gasteiger partial charge in [0.2, 0.25) is 5.91 Å². The fourth-order valence-corrected chi connectivity index (χ4v) is 1.18. The van der Waals surface area contributed by atoms with Crippen LogP contribution in [0.2, 0.25) is 0 Å². The van der Waals surface area contributed by atoms with E-state index in [9.17, 15) is 4.79 Å². The average molecular weight is 232 g/mol. The highest BCUT2D eigenvalue weighted by Gasteiger charge is 2.00. The fraction of sp³-hybridized carbons (Fsp3) is 0.167. The first-order valence-electron chi connectivity index (χ1n) is 4.74. The summed E-state index contributed by atoms with van der Waals surface area (Å²) in [4.78, 5) is 15.1. The van der Waals surface area contributed by atoms with Gasteiger partial charge in [-0.1, -0.05) is 18.7 Å². The molecule has 0 aromatic heterocycles. The molecule has 1 N–H and O–H groups in total. The summed E-state index contributed by atoms with van der Waals surface area (Å²) in [6.45, 7) is 5.71. The highest BCUT2D eigenvalue weighted by atomic mass is 32.1. The van der Waals surface area contributed by atoms with Crippen molar-refractivity contribution in [3.05, 3.63) is 42.0 Å². The molecule has 0 radical (unpaired) electrons. The third kappa shape index (κ3) is 3.77. The molecule has 1 aromatic rings. The smallest absolute Gasteiger partial charge is 0.246 e. The van der Waals surface area contributed by atoms with Crippen LogP contribution in [-0.4, -0.2) is 11.1 Å². The molecule has 0 heterocycles. The second kappa shape index (κ2) is 5.95. The van der Waals surface area contributed by atoms with Crippen LogP contribution in [0.4, 0.5) is 5.69 Å². The summed E-state index contributed by atoms with van der Waals surface area (Å²) < 4.78 is 0. The van der Waals surface area contributed by atoms with Crippen LogP contribution < -0.4 is 5.32 Å². The van der Waals surface area contributed by atoms with E-state index in [2.05, 4.69) is 34.3 Å². The Morgan fingerprint density at radius 1 is 1.50 bits per heavy atom. The number of nitrogens with zero attached hydrogens (tertiary/aromatic N) is 1. The number of thiocarbonyl (C=S) groups is 1. The molecule has 0 bridgehead atoms. The maximum atomic E-state index is 11.2. The molecule has 0 fully saturated rings. The zero-order valence-electron chi connectivity index (χ0n) is 8.99. The van der Waals surface area contributed by atoms with E-state index < -0.39 is 0 Å². The van der Waals surface area contributed by atoms with Crippen molar-refractivity contribution in [1.82, 2.24) is 5.32 Å². The maximum absolute atomic E-state index is 11.2. The third-order valence-electron chi connectivity index (χ3n) is 1.95. The van der Waals surface area contributed by atoms with E-state index in [1.807, 2.05) is 24.3 Å². The predicted molar refractivity (Wildman–Crippen MR) is 67.8 cm³/mol. The minimum Gasteiger partial charge on any atom is -0.348 e. The second-order valence-corrected chi connectivity index (χ2v) is 3.52. The topological polar surface area (TPSA) is 41.5 Å². The number of isothiocyanates is 1. The summed E-state index contributed by atoms with van der Waals surface area (Å²) in [6, 6.07) is 7.40. The molecule has 0 aliphatic carbocycles. The normalized spacial score (nSPS) is 9.06. The highest BCUT2D eigenvalue weighted by molar-refractivity contribution is 7.78. The van der Waals surface area contributed by atoms with Gasteiger partial charge in [-0.3, -0.25) is 4.79 Å². The van der Waals surface area contributed by atoms with E-state index in [0.717, 1.165) is 11.3 Å². The van der Waals surface area contributed by atoms with Crippen molar-refractivity contribution >= 4 is 29.0 Å². The van der Waals surface area contributed by atoms with Crippen LogP contribution in [0, 0.1) is 0 Å². The zero-order chi connectivity index (χ0) is 12.0. The lowest BCUT2D eigenvalue weighted by molar-refractivity contribution is -0.117. The first-order valence-corrected chi connectivity index (χ1v) is 5.15. The molecule has 0 unspecified atom stereocenters. The van der Waals surface area contributed by atoms with Crippen LogP contribution in [-0.2, 0) is 11.3 Å². The quantitative estimate of drug-likeness (QED) is 0.492. The van der Waals surface area contributed by atoms with Crippen molar-refractivity contribution < 1.29 is 4.79 Å². The van der Waals surface area contributed by atoms with E-state index in [1.165, 1.54) is 0 Å². The summed E-state index contributed by atoms with van der Waals surface area (Å²) in [7, 11) is 0. The van der Waals surface area contributed by atoms with E-state index >= 15 is 0 Å². The molecule has 0 spiro atoms. The number of carbonyl (C=O) groups excluding carboxylic acids is 1. The van der Waals surface area contributed by atoms with Gasteiger partial charge >= 0.3 is 0 Å². The number of hydrogen-bond donors (Lipinski definition) is 1. The SMILES string of the molecule is C=C(C)C(=O)NCc1ccc(N=C=S)cc1. The van der Waals surface area contributed by atoms with E-state index in [4.69, 9.17) is 0 Å². The summed E-state index contributed by atoms with van der Waals surface area (Å²) in [5.74, 6) is -0.138. The molecular weight excluding hydrogens is 220 g/mol. The number of benzene rings is 1. The number of amides is 1. The molecular formula is C12H12N2OS.